The number of nitrogens with two attached hydrogens (primary N) is 2. The van der Waals surface area contributed by atoms with Crippen LogP contribution in [0.25, 0.3) is 11.3 Å². The first-order chi connectivity index (χ1) is 13.6. The number of anilines is 3. The highest BCUT2D eigenvalue weighted by Crippen LogP contribution is 2.41. The van der Waals surface area contributed by atoms with Crippen LogP contribution < -0.4 is 22.1 Å². The molecule has 0 saturated carbocycles. The summed E-state index contributed by atoms with van der Waals surface area (Å²) in [6.45, 7) is 0. The van der Waals surface area contributed by atoms with E-state index in [4.69, 9.17) is 16.7 Å². The average Bonchev–Trinajstić information content (AvgIpc) is 3.23. The third kappa shape index (κ3) is 2.71. The second-order valence-corrected chi connectivity index (χ2v) is 5.99. The standard InChI is InChI=1S/C18H14N10/c19-5-11-14(21)13-15(26-18(24-7-20)28-17(13)27-16(11)22)10-3-1-2-9(4-10)12-6-23-8-25-12/h1-4,6,8,15H,(H,23,25)(H6,21,22,24,26,27,28). The minimum Gasteiger partial charge on any atom is -0.397 e. The predicted molar refractivity (Wildman–Crippen MR) is 103 cm³/mol. The number of imidazole rings is 1. The highest BCUT2D eigenvalue weighted by atomic mass is 15.2. The summed E-state index contributed by atoms with van der Waals surface area (Å²) in [5.74, 6) is 0.566. The number of pyridine rings is 1. The fraction of sp³-hybridized carbons (Fsp3) is 0.0556. The molecule has 0 bridgehead atoms. The smallest absolute Gasteiger partial charge is 0.211 e. The number of hydrogen-bond donors (Lipinski definition) is 5. The first kappa shape index (κ1) is 16.9. The van der Waals surface area contributed by atoms with Crippen molar-refractivity contribution in [1.29, 1.82) is 10.5 Å². The summed E-state index contributed by atoms with van der Waals surface area (Å²) in [7, 11) is 0. The van der Waals surface area contributed by atoms with E-state index in [0.717, 1.165) is 16.8 Å². The summed E-state index contributed by atoms with van der Waals surface area (Å²) in [6, 6.07) is 9.03. The van der Waals surface area contributed by atoms with E-state index < -0.39 is 6.04 Å². The molecular formula is C18H14N10. The van der Waals surface area contributed by atoms with Crippen molar-refractivity contribution in [1.82, 2.24) is 20.3 Å². The summed E-state index contributed by atoms with van der Waals surface area (Å²) in [5, 5.41) is 23.7. The molecule has 2 aromatic heterocycles. The van der Waals surface area contributed by atoms with Gasteiger partial charge in [-0.3, -0.25) is 5.32 Å². The number of aromatic nitrogens is 3. The quantitative estimate of drug-likeness (QED) is 0.332. The van der Waals surface area contributed by atoms with E-state index in [9.17, 15) is 5.26 Å². The lowest BCUT2D eigenvalue weighted by Crippen LogP contribution is -2.32. The molecule has 1 aliphatic heterocycles. The van der Waals surface area contributed by atoms with Gasteiger partial charge in [0, 0.05) is 5.56 Å². The van der Waals surface area contributed by atoms with Crippen LogP contribution in [0, 0.1) is 22.8 Å². The number of aromatic amines is 1. The van der Waals surface area contributed by atoms with Gasteiger partial charge in [-0.25, -0.2) is 15.0 Å². The fourth-order valence-electron chi connectivity index (χ4n) is 3.11. The van der Waals surface area contributed by atoms with E-state index in [1.807, 2.05) is 36.5 Å². The van der Waals surface area contributed by atoms with Crippen LogP contribution >= 0.6 is 0 Å². The summed E-state index contributed by atoms with van der Waals surface area (Å²) >= 11 is 0. The minimum atomic E-state index is -0.588. The second kappa shape index (κ2) is 6.63. The van der Waals surface area contributed by atoms with Gasteiger partial charge in [-0.15, -0.1) is 0 Å². The van der Waals surface area contributed by atoms with Crippen LogP contribution in [0.3, 0.4) is 0 Å². The number of nitrogen functional groups attached to an aromatic ring is 2. The van der Waals surface area contributed by atoms with E-state index in [1.165, 1.54) is 0 Å². The summed E-state index contributed by atoms with van der Waals surface area (Å²) < 4.78 is 0. The molecule has 10 nitrogen and oxygen atoms in total. The van der Waals surface area contributed by atoms with E-state index in [-0.39, 0.29) is 23.0 Å². The van der Waals surface area contributed by atoms with Gasteiger partial charge >= 0.3 is 0 Å². The van der Waals surface area contributed by atoms with Crippen molar-refractivity contribution in [2.75, 3.05) is 16.8 Å². The van der Waals surface area contributed by atoms with Crippen molar-refractivity contribution in [2.24, 2.45) is 4.99 Å². The van der Waals surface area contributed by atoms with Crippen molar-refractivity contribution in [3.8, 4) is 23.5 Å². The number of aliphatic imine (C=N–C) groups is 1. The Balaban J connectivity index is 1.91. The number of nitrogens with zero attached hydrogens (tertiary/aromatic N) is 5. The number of nitriles is 2. The third-order valence-corrected chi connectivity index (χ3v) is 4.37. The van der Waals surface area contributed by atoms with Crippen molar-refractivity contribution in [3.05, 3.63) is 53.5 Å². The lowest BCUT2D eigenvalue weighted by molar-refractivity contribution is 0.847. The highest BCUT2D eigenvalue weighted by Gasteiger charge is 2.29. The van der Waals surface area contributed by atoms with Crippen LogP contribution in [-0.4, -0.2) is 20.9 Å². The van der Waals surface area contributed by atoms with Crippen LogP contribution in [0.1, 0.15) is 22.7 Å². The Labute approximate surface area is 159 Å². The number of H-pyrrole nitrogens is 1. The molecule has 1 unspecified atom stereocenters. The normalized spacial score (nSPS) is 14.8. The molecule has 28 heavy (non-hydrogen) atoms. The van der Waals surface area contributed by atoms with Gasteiger partial charge in [0.25, 0.3) is 0 Å². The maximum atomic E-state index is 9.39. The Morgan fingerprint density at radius 1 is 1.21 bits per heavy atom. The Bertz CT molecular complexity index is 1160. The summed E-state index contributed by atoms with van der Waals surface area (Å²) in [6.07, 6.45) is 5.14. The zero-order valence-electron chi connectivity index (χ0n) is 14.4. The lowest BCUT2D eigenvalue weighted by atomic mass is 9.94. The molecule has 0 fully saturated rings. The topological polar surface area (TPSA) is 178 Å². The average molecular weight is 370 g/mol. The molecule has 1 aromatic carbocycles. The van der Waals surface area contributed by atoms with Crippen LogP contribution in [0.2, 0.25) is 0 Å². The SMILES string of the molecule is N#CNC1=NC(c2cccc(-c3cnc[nH]3)c2)c2c(nc(N)c(C#N)c2N)N1. The first-order valence-electron chi connectivity index (χ1n) is 8.20. The zero-order chi connectivity index (χ0) is 19.7. The van der Waals surface area contributed by atoms with Crippen LogP contribution in [0.15, 0.2) is 41.8 Å². The minimum absolute atomic E-state index is 0.00872. The molecule has 136 valence electrons. The molecule has 4 rings (SSSR count). The van der Waals surface area contributed by atoms with Gasteiger partial charge in [-0.2, -0.15) is 10.5 Å². The van der Waals surface area contributed by atoms with E-state index in [1.54, 1.807) is 12.5 Å². The molecule has 3 aromatic rings. The van der Waals surface area contributed by atoms with Crippen molar-refractivity contribution in [3.63, 3.8) is 0 Å². The molecule has 0 spiro atoms. The van der Waals surface area contributed by atoms with Gasteiger partial charge in [-0.05, 0) is 17.2 Å². The Hall–Kier alpha value is -4.57. The molecule has 7 N–H and O–H groups in total. The van der Waals surface area contributed by atoms with Gasteiger partial charge in [0.1, 0.15) is 29.3 Å². The maximum Gasteiger partial charge on any atom is 0.211 e. The molecule has 0 amide bonds. The Kier molecular flexibility index (Phi) is 3.99. The number of fused-ring (bicyclic) bond motifs is 1. The molecule has 0 aliphatic carbocycles. The van der Waals surface area contributed by atoms with E-state index in [2.05, 4.69) is 30.6 Å². The summed E-state index contributed by atoms with van der Waals surface area (Å²) in [5.41, 5.74) is 15.5. The molecule has 3 heterocycles. The second-order valence-electron chi connectivity index (χ2n) is 5.99. The molecule has 1 aliphatic rings. The summed E-state index contributed by atoms with van der Waals surface area (Å²) in [4.78, 5) is 15.9. The van der Waals surface area contributed by atoms with Gasteiger partial charge in [0.05, 0.1) is 23.9 Å². The lowest BCUT2D eigenvalue weighted by Gasteiger charge is -2.26. The largest absolute Gasteiger partial charge is 0.397 e. The van der Waals surface area contributed by atoms with Crippen LogP contribution in [0.5, 0.6) is 0 Å². The maximum absolute atomic E-state index is 9.39. The molecule has 10 heteroatoms. The molecule has 0 radical (unpaired) electrons. The molecule has 1 atom stereocenters. The van der Waals surface area contributed by atoms with Gasteiger partial charge in [-0.1, -0.05) is 18.2 Å². The van der Waals surface area contributed by atoms with Gasteiger partial charge < -0.3 is 21.8 Å². The Morgan fingerprint density at radius 3 is 2.79 bits per heavy atom. The highest BCUT2D eigenvalue weighted by molar-refractivity contribution is 5.98. The van der Waals surface area contributed by atoms with Crippen molar-refractivity contribution < 1.29 is 0 Å². The van der Waals surface area contributed by atoms with Crippen molar-refractivity contribution >= 4 is 23.3 Å². The first-order valence-corrected chi connectivity index (χ1v) is 8.20. The number of guanidine groups is 1. The number of nitrogens with one attached hydrogen (secondary N) is 3. The van der Waals surface area contributed by atoms with Crippen LogP contribution in [0.4, 0.5) is 17.3 Å². The van der Waals surface area contributed by atoms with Gasteiger partial charge in [0.2, 0.25) is 5.96 Å². The monoisotopic (exact) mass is 370 g/mol. The predicted octanol–water partition coefficient (Wildman–Crippen LogP) is 1.45. The van der Waals surface area contributed by atoms with Crippen molar-refractivity contribution in [2.45, 2.75) is 6.04 Å². The van der Waals surface area contributed by atoms with E-state index >= 15 is 0 Å². The third-order valence-electron chi connectivity index (χ3n) is 4.37. The zero-order valence-corrected chi connectivity index (χ0v) is 14.4. The molecular weight excluding hydrogens is 356 g/mol. The fourth-order valence-corrected chi connectivity index (χ4v) is 3.11. The Morgan fingerprint density at radius 2 is 2.07 bits per heavy atom. The number of rotatable bonds is 2. The molecule has 0 saturated heterocycles. The number of hydrogen-bond acceptors (Lipinski definition) is 9. The van der Waals surface area contributed by atoms with E-state index in [0.29, 0.717) is 11.4 Å². The van der Waals surface area contributed by atoms with Gasteiger partial charge in [0.15, 0.2) is 6.19 Å². The van der Waals surface area contributed by atoms with Crippen LogP contribution in [-0.2, 0) is 0 Å². The number of benzene rings is 1.